The molecule has 1 aromatic rings. The molecule has 0 radical (unpaired) electrons. The normalized spacial score (nSPS) is 17.1. The molecule has 0 saturated heterocycles. The maximum absolute atomic E-state index is 12.3. The molecule has 0 unspecified atom stereocenters. The predicted octanol–water partition coefficient (Wildman–Crippen LogP) is 4.29. The van der Waals surface area contributed by atoms with E-state index in [1.165, 1.54) is 32.1 Å². The van der Waals surface area contributed by atoms with Crippen LogP contribution in [0.2, 0.25) is 5.02 Å². The number of sulfone groups is 1. The molecule has 0 heterocycles. The largest absolute Gasteiger partial charge is 0.296 e. The fraction of sp³-hybridized carbons (Fsp3) is 0.647. The second-order valence-corrected chi connectivity index (χ2v) is 8.69. The molecule has 2 rings (SSSR count). The van der Waals surface area contributed by atoms with Gasteiger partial charge >= 0.3 is 0 Å². The van der Waals surface area contributed by atoms with Crippen molar-refractivity contribution in [2.45, 2.75) is 63.4 Å². The first-order chi connectivity index (χ1) is 10.5. The van der Waals surface area contributed by atoms with Crippen LogP contribution in [0.15, 0.2) is 23.1 Å². The summed E-state index contributed by atoms with van der Waals surface area (Å²) >= 11 is 6.11. The molecule has 0 bridgehead atoms. The maximum Gasteiger partial charge on any atom is 0.178 e. The van der Waals surface area contributed by atoms with Gasteiger partial charge < -0.3 is 0 Å². The average Bonchev–Trinajstić information content (AvgIpc) is 2.53. The summed E-state index contributed by atoms with van der Waals surface area (Å²) in [6.45, 7) is 5.43. The van der Waals surface area contributed by atoms with E-state index in [0.717, 1.165) is 12.1 Å². The number of hydrogen-bond acceptors (Lipinski definition) is 3. The molecule has 5 heteroatoms. The molecule has 0 aromatic heterocycles. The van der Waals surface area contributed by atoms with E-state index in [9.17, 15) is 8.42 Å². The second-order valence-electron chi connectivity index (χ2n) is 6.01. The molecule has 1 fully saturated rings. The van der Waals surface area contributed by atoms with Crippen LogP contribution in [0.4, 0.5) is 0 Å². The molecular formula is C17H26ClNO2S. The van der Waals surface area contributed by atoms with Crippen molar-refractivity contribution >= 4 is 21.4 Å². The Kier molecular flexibility index (Phi) is 6.30. The number of rotatable bonds is 6. The third-order valence-corrected chi connectivity index (χ3v) is 6.67. The smallest absolute Gasteiger partial charge is 0.178 e. The molecular weight excluding hydrogens is 318 g/mol. The van der Waals surface area contributed by atoms with E-state index in [0.29, 0.717) is 22.5 Å². The van der Waals surface area contributed by atoms with E-state index in [1.807, 2.05) is 6.07 Å². The fourth-order valence-corrected chi connectivity index (χ4v) is 4.60. The number of halogens is 1. The molecule has 0 N–H and O–H groups in total. The molecule has 22 heavy (non-hydrogen) atoms. The van der Waals surface area contributed by atoms with Gasteiger partial charge in [0.25, 0.3) is 0 Å². The van der Waals surface area contributed by atoms with Crippen LogP contribution in [-0.2, 0) is 16.4 Å². The summed E-state index contributed by atoms with van der Waals surface area (Å²) in [6.07, 6.45) is 6.29. The topological polar surface area (TPSA) is 37.4 Å². The lowest BCUT2D eigenvalue weighted by Gasteiger charge is -2.34. The van der Waals surface area contributed by atoms with Gasteiger partial charge in [-0.25, -0.2) is 8.42 Å². The monoisotopic (exact) mass is 343 g/mol. The van der Waals surface area contributed by atoms with Gasteiger partial charge in [-0.2, -0.15) is 0 Å². The first-order valence-corrected chi connectivity index (χ1v) is 10.3. The zero-order valence-corrected chi connectivity index (χ0v) is 15.1. The third kappa shape index (κ3) is 4.24. The highest BCUT2D eigenvalue weighted by atomic mass is 35.5. The highest BCUT2D eigenvalue weighted by molar-refractivity contribution is 7.91. The van der Waals surface area contributed by atoms with Crippen molar-refractivity contribution in [3.8, 4) is 0 Å². The molecule has 1 aliphatic carbocycles. The third-order valence-electron chi connectivity index (χ3n) is 4.61. The minimum atomic E-state index is -3.22. The SMILES string of the molecule is CCN(Cc1cc(Cl)ccc1S(=O)(=O)CC)C1CCCCC1. The van der Waals surface area contributed by atoms with Crippen LogP contribution >= 0.6 is 11.6 Å². The number of benzene rings is 1. The van der Waals surface area contributed by atoms with Gasteiger partial charge in [0, 0.05) is 17.6 Å². The zero-order valence-electron chi connectivity index (χ0n) is 13.5. The van der Waals surface area contributed by atoms with Crippen molar-refractivity contribution in [2.24, 2.45) is 0 Å². The summed E-state index contributed by atoms with van der Waals surface area (Å²) < 4.78 is 24.6. The van der Waals surface area contributed by atoms with Crippen molar-refractivity contribution in [3.63, 3.8) is 0 Å². The van der Waals surface area contributed by atoms with Crippen LogP contribution in [0.5, 0.6) is 0 Å². The van der Waals surface area contributed by atoms with Crippen molar-refractivity contribution in [2.75, 3.05) is 12.3 Å². The van der Waals surface area contributed by atoms with Crippen LogP contribution in [0.3, 0.4) is 0 Å². The van der Waals surface area contributed by atoms with Crippen LogP contribution in [-0.4, -0.2) is 31.7 Å². The molecule has 3 nitrogen and oxygen atoms in total. The Morgan fingerprint density at radius 1 is 1.18 bits per heavy atom. The minimum absolute atomic E-state index is 0.122. The lowest BCUT2D eigenvalue weighted by Crippen LogP contribution is -2.36. The van der Waals surface area contributed by atoms with Crippen LogP contribution in [0, 0.1) is 0 Å². The van der Waals surface area contributed by atoms with Gasteiger partial charge in [0.05, 0.1) is 10.6 Å². The van der Waals surface area contributed by atoms with Crippen LogP contribution in [0.25, 0.3) is 0 Å². The Morgan fingerprint density at radius 3 is 2.45 bits per heavy atom. The van der Waals surface area contributed by atoms with Crippen LogP contribution in [0.1, 0.15) is 51.5 Å². The molecule has 0 atom stereocenters. The summed E-state index contributed by atoms with van der Waals surface area (Å²) in [5.41, 5.74) is 0.835. The van der Waals surface area contributed by atoms with Gasteiger partial charge in [0.15, 0.2) is 9.84 Å². The van der Waals surface area contributed by atoms with E-state index < -0.39 is 9.84 Å². The van der Waals surface area contributed by atoms with Crippen LogP contribution < -0.4 is 0 Å². The van der Waals surface area contributed by atoms with E-state index in [1.54, 1.807) is 19.1 Å². The molecule has 0 aliphatic heterocycles. The summed E-state index contributed by atoms with van der Waals surface area (Å²) in [4.78, 5) is 2.84. The van der Waals surface area contributed by atoms with Gasteiger partial charge in [0.1, 0.15) is 0 Å². The molecule has 124 valence electrons. The van der Waals surface area contributed by atoms with Gasteiger partial charge in [-0.1, -0.05) is 44.7 Å². The van der Waals surface area contributed by atoms with Crippen molar-refractivity contribution in [3.05, 3.63) is 28.8 Å². The lowest BCUT2D eigenvalue weighted by atomic mass is 9.94. The Bertz CT molecular complexity index is 595. The Morgan fingerprint density at radius 2 is 1.86 bits per heavy atom. The maximum atomic E-state index is 12.3. The van der Waals surface area contributed by atoms with E-state index >= 15 is 0 Å². The predicted molar refractivity (Wildman–Crippen MR) is 92.1 cm³/mol. The van der Waals surface area contributed by atoms with E-state index in [-0.39, 0.29) is 5.75 Å². The van der Waals surface area contributed by atoms with Crippen molar-refractivity contribution in [1.82, 2.24) is 4.90 Å². The zero-order chi connectivity index (χ0) is 16.2. The van der Waals surface area contributed by atoms with Crippen molar-refractivity contribution < 1.29 is 8.42 Å². The van der Waals surface area contributed by atoms with Gasteiger partial charge in [-0.3, -0.25) is 4.90 Å². The van der Waals surface area contributed by atoms with Gasteiger partial charge in [0.2, 0.25) is 0 Å². The first kappa shape index (κ1) is 17.8. The summed E-state index contributed by atoms with van der Waals surface area (Å²) in [5, 5.41) is 0.602. The highest BCUT2D eigenvalue weighted by Crippen LogP contribution is 2.27. The van der Waals surface area contributed by atoms with Gasteiger partial charge in [-0.05, 0) is 43.1 Å². The fourth-order valence-electron chi connectivity index (χ4n) is 3.29. The molecule has 0 spiro atoms. The molecule has 1 saturated carbocycles. The standard InChI is InChI=1S/C17H26ClNO2S/c1-3-19(16-8-6-5-7-9-16)13-14-12-15(18)10-11-17(14)22(20,21)4-2/h10-12,16H,3-9,13H2,1-2H3. The Labute approximate surface area is 139 Å². The van der Waals surface area contributed by atoms with Gasteiger partial charge in [-0.15, -0.1) is 0 Å². The van der Waals surface area contributed by atoms with E-state index in [2.05, 4.69) is 11.8 Å². The molecule has 1 aliphatic rings. The highest BCUT2D eigenvalue weighted by Gasteiger charge is 2.23. The van der Waals surface area contributed by atoms with E-state index in [4.69, 9.17) is 11.6 Å². The van der Waals surface area contributed by atoms with Crippen molar-refractivity contribution in [1.29, 1.82) is 0 Å². The lowest BCUT2D eigenvalue weighted by molar-refractivity contribution is 0.155. The minimum Gasteiger partial charge on any atom is -0.296 e. The molecule has 0 amide bonds. The summed E-state index contributed by atoms with van der Waals surface area (Å²) in [5.74, 6) is 0.122. The summed E-state index contributed by atoms with van der Waals surface area (Å²) in [6, 6.07) is 5.71. The Hall–Kier alpha value is -0.580. The summed E-state index contributed by atoms with van der Waals surface area (Å²) in [7, 11) is -3.22. The quantitative estimate of drug-likeness (QED) is 0.773. The number of hydrogen-bond donors (Lipinski definition) is 0. The molecule has 1 aromatic carbocycles. The number of nitrogens with zero attached hydrogens (tertiary/aromatic N) is 1. The Balaban J connectivity index is 2.28. The average molecular weight is 344 g/mol. The second kappa shape index (κ2) is 7.80. The first-order valence-electron chi connectivity index (χ1n) is 8.23.